The maximum Gasteiger partial charge on any atom is 0.419 e. The molecule has 2 amide bonds. The van der Waals surface area contributed by atoms with Crippen LogP contribution < -0.4 is 10.1 Å². The van der Waals surface area contributed by atoms with Gasteiger partial charge in [-0.25, -0.2) is 4.79 Å². The molecule has 2 unspecified atom stereocenters. The van der Waals surface area contributed by atoms with Crippen molar-refractivity contribution in [3.8, 4) is 5.75 Å². The summed E-state index contributed by atoms with van der Waals surface area (Å²) in [4.78, 5) is 13.5. The van der Waals surface area contributed by atoms with Gasteiger partial charge in [0, 0.05) is 6.54 Å². The number of nitrogens with one attached hydrogen (secondary N) is 1. The molecular weight excluding hydrogens is 325 g/mol. The van der Waals surface area contributed by atoms with E-state index in [1.807, 2.05) is 0 Å². The predicted octanol–water partition coefficient (Wildman–Crippen LogP) is 2.64. The fraction of sp³-hybridized carbons (Fsp3) is 0.562. The number of amides is 2. The lowest BCUT2D eigenvalue weighted by atomic mass is 10.1. The number of benzene rings is 1. The van der Waals surface area contributed by atoms with E-state index in [0.29, 0.717) is 13.0 Å². The Bertz CT molecular complexity index is 590. The molecule has 0 spiro atoms. The number of para-hydroxylation sites is 1. The van der Waals surface area contributed by atoms with Crippen molar-refractivity contribution >= 4 is 6.03 Å². The van der Waals surface area contributed by atoms with Crippen LogP contribution >= 0.6 is 0 Å². The molecule has 0 saturated carbocycles. The first-order chi connectivity index (χ1) is 11.1. The lowest BCUT2D eigenvalue weighted by molar-refractivity contribution is -0.139. The molecule has 0 radical (unpaired) electrons. The Kier molecular flexibility index (Phi) is 5.27. The maximum atomic E-state index is 12.9. The van der Waals surface area contributed by atoms with Gasteiger partial charge < -0.3 is 20.1 Å². The number of halogens is 3. The molecule has 1 aliphatic rings. The van der Waals surface area contributed by atoms with Gasteiger partial charge in [-0.2, -0.15) is 13.2 Å². The van der Waals surface area contributed by atoms with Crippen molar-refractivity contribution in [2.45, 2.75) is 38.1 Å². The van der Waals surface area contributed by atoms with E-state index in [1.54, 1.807) is 13.8 Å². The third kappa shape index (κ3) is 4.77. The van der Waals surface area contributed by atoms with Gasteiger partial charge in [-0.3, -0.25) is 0 Å². The Labute approximate surface area is 138 Å². The fourth-order valence-corrected chi connectivity index (χ4v) is 2.50. The monoisotopic (exact) mass is 346 g/mol. The second-order valence-corrected chi connectivity index (χ2v) is 6.32. The van der Waals surface area contributed by atoms with Crippen LogP contribution in [0.25, 0.3) is 0 Å². The molecule has 0 bridgehead atoms. The second kappa shape index (κ2) is 6.88. The Morgan fingerprint density at radius 3 is 2.71 bits per heavy atom. The van der Waals surface area contributed by atoms with Crippen molar-refractivity contribution < 1.29 is 27.8 Å². The standard InChI is InChI=1S/C16H21F3N2O3/c1-11(20-14(22)21-8-7-15(2,23)10-21)9-24-13-6-4-3-5-12(13)16(17,18)19/h3-6,11,23H,7-10H2,1-2H3,(H,20,22). The lowest BCUT2D eigenvalue weighted by Gasteiger charge is -2.23. The Morgan fingerprint density at radius 1 is 1.46 bits per heavy atom. The number of aliphatic hydroxyl groups is 1. The number of hydrogen-bond donors (Lipinski definition) is 2. The number of carbonyl (C=O) groups is 1. The number of rotatable bonds is 4. The molecular formula is C16H21F3N2O3. The van der Waals surface area contributed by atoms with Crippen LogP contribution in [-0.2, 0) is 6.18 Å². The highest BCUT2D eigenvalue weighted by atomic mass is 19.4. The Morgan fingerprint density at radius 2 is 2.12 bits per heavy atom. The van der Waals surface area contributed by atoms with Crippen LogP contribution in [-0.4, -0.2) is 47.4 Å². The SMILES string of the molecule is CC(COc1ccccc1C(F)(F)F)NC(=O)N1CCC(C)(O)C1. The first kappa shape index (κ1) is 18.4. The summed E-state index contributed by atoms with van der Waals surface area (Å²) in [5, 5.41) is 12.5. The minimum absolute atomic E-state index is 0.0942. The molecule has 5 nitrogen and oxygen atoms in total. The number of ether oxygens (including phenoxy) is 1. The molecule has 1 heterocycles. The zero-order valence-electron chi connectivity index (χ0n) is 13.6. The molecule has 2 rings (SSSR count). The van der Waals surface area contributed by atoms with E-state index in [1.165, 1.54) is 23.1 Å². The normalized spacial score (nSPS) is 22.3. The maximum absolute atomic E-state index is 12.9. The van der Waals surface area contributed by atoms with E-state index >= 15 is 0 Å². The molecule has 134 valence electrons. The lowest BCUT2D eigenvalue weighted by Crippen LogP contribution is -2.46. The van der Waals surface area contributed by atoms with Crippen LogP contribution in [0.5, 0.6) is 5.75 Å². The van der Waals surface area contributed by atoms with Crippen molar-refractivity contribution in [3.63, 3.8) is 0 Å². The van der Waals surface area contributed by atoms with Crippen molar-refractivity contribution in [2.24, 2.45) is 0 Å². The minimum Gasteiger partial charge on any atom is -0.491 e. The van der Waals surface area contributed by atoms with Crippen LogP contribution in [0.1, 0.15) is 25.8 Å². The van der Waals surface area contributed by atoms with E-state index in [2.05, 4.69) is 5.32 Å². The van der Waals surface area contributed by atoms with Gasteiger partial charge in [-0.15, -0.1) is 0 Å². The molecule has 1 aromatic carbocycles. The number of nitrogens with zero attached hydrogens (tertiary/aromatic N) is 1. The molecule has 1 aromatic rings. The van der Waals surface area contributed by atoms with Crippen molar-refractivity contribution in [2.75, 3.05) is 19.7 Å². The number of urea groups is 1. The average Bonchev–Trinajstić information content (AvgIpc) is 2.85. The quantitative estimate of drug-likeness (QED) is 0.881. The van der Waals surface area contributed by atoms with Gasteiger partial charge in [0.25, 0.3) is 0 Å². The average molecular weight is 346 g/mol. The number of β-amino-alcohol motifs (C(OH)–C–C–N with tert-alkyl or cyclic N) is 1. The highest BCUT2D eigenvalue weighted by molar-refractivity contribution is 5.75. The summed E-state index contributed by atoms with van der Waals surface area (Å²) >= 11 is 0. The van der Waals surface area contributed by atoms with Gasteiger partial charge >= 0.3 is 12.2 Å². The minimum atomic E-state index is -4.50. The summed E-state index contributed by atoms with van der Waals surface area (Å²) in [5.74, 6) is -0.268. The fourth-order valence-electron chi connectivity index (χ4n) is 2.50. The van der Waals surface area contributed by atoms with Crippen LogP contribution in [0.2, 0.25) is 0 Å². The summed E-state index contributed by atoms with van der Waals surface area (Å²) in [5.41, 5.74) is -1.75. The predicted molar refractivity (Wildman–Crippen MR) is 81.7 cm³/mol. The van der Waals surface area contributed by atoms with Crippen LogP contribution in [0.3, 0.4) is 0 Å². The second-order valence-electron chi connectivity index (χ2n) is 6.32. The van der Waals surface area contributed by atoms with Gasteiger partial charge in [0.15, 0.2) is 0 Å². The molecule has 2 atom stereocenters. The van der Waals surface area contributed by atoms with Crippen LogP contribution in [0, 0.1) is 0 Å². The van der Waals surface area contributed by atoms with Crippen LogP contribution in [0.4, 0.5) is 18.0 Å². The van der Waals surface area contributed by atoms with E-state index in [-0.39, 0.29) is 24.9 Å². The molecule has 8 heteroatoms. The topological polar surface area (TPSA) is 61.8 Å². The summed E-state index contributed by atoms with van der Waals surface area (Å²) in [6.07, 6.45) is -4.01. The van der Waals surface area contributed by atoms with E-state index in [4.69, 9.17) is 4.74 Å². The number of carbonyl (C=O) groups excluding carboxylic acids is 1. The zero-order valence-corrected chi connectivity index (χ0v) is 13.6. The molecule has 1 saturated heterocycles. The van der Waals surface area contributed by atoms with E-state index in [0.717, 1.165) is 6.07 Å². The number of likely N-dealkylation sites (tertiary alicyclic amines) is 1. The number of alkyl halides is 3. The molecule has 24 heavy (non-hydrogen) atoms. The Hall–Kier alpha value is -1.96. The molecule has 0 aliphatic carbocycles. The molecule has 0 aromatic heterocycles. The highest BCUT2D eigenvalue weighted by Crippen LogP contribution is 2.35. The van der Waals surface area contributed by atoms with Gasteiger partial charge in [0.1, 0.15) is 12.4 Å². The smallest absolute Gasteiger partial charge is 0.419 e. The van der Waals surface area contributed by atoms with Crippen molar-refractivity contribution in [1.29, 1.82) is 0 Å². The summed E-state index contributed by atoms with van der Waals surface area (Å²) in [6, 6.07) is 4.09. The third-order valence-electron chi connectivity index (χ3n) is 3.79. The van der Waals surface area contributed by atoms with Gasteiger partial charge in [-0.1, -0.05) is 12.1 Å². The summed E-state index contributed by atoms with van der Waals surface area (Å²) < 4.78 is 43.9. The third-order valence-corrected chi connectivity index (χ3v) is 3.79. The van der Waals surface area contributed by atoms with E-state index in [9.17, 15) is 23.1 Å². The first-order valence-electron chi connectivity index (χ1n) is 7.65. The van der Waals surface area contributed by atoms with E-state index < -0.39 is 23.4 Å². The largest absolute Gasteiger partial charge is 0.491 e. The molecule has 1 fully saturated rings. The Balaban J connectivity index is 1.88. The first-order valence-corrected chi connectivity index (χ1v) is 7.65. The highest BCUT2D eigenvalue weighted by Gasteiger charge is 2.35. The zero-order chi connectivity index (χ0) is 18.0. The number of hydrogen-bond acceptors (Lipinski definition) is 3. The van der Waals surface area contributed by atoms with Crippen molar-refractivity contribution in [3.05, 3.63) is 29.8 Å². The summed E-state index contributed by atoms with van der Waals surface area (Å²) in [6.45, 7) is 3.86. The molecule has 1 aliphatic heterocycles. The van der Waals surface area contributed by atoms with Gasteiger partial charge in [0.2, 0.25) is 0 Å². The van der Waals surface area contributed by atoms with Crippen LogP contribution in [0.15, 0.2) is 24.3 Å². The van der Waals surface area contributed by atoms with Gasteiger partial charge in [-0.05, 0) is 32.4 Å². The van der Waals surface area contributed by atoms with Gasteiger partial charge in [0.05, 0.1) is 23.8 Å². The van der Waals surface area contributed by atoms with Crippen molar-refractivity contribution in [1.82, 2.24) is 10.2 Å². The summed E-state index contributed by atoms with van der Waals surface area (Å²) in [7, 11) is 0. The molecule has 2 N–H and O–H groups in total.